The molecule has 1 aromatic heterocycles. The van der Waals surface area contributed by atoms with Crippen molar-refractivity contribution in [2.45, 2.75) is 19.4 Å². The van der Waals surface area contributed by atoms with Crippen LogP contribution in [-0.4, -0.2) is 13.7 Å². The Morgan fingerprint density at radius 3 is 2.91 bits per heavy atom. The second-order valence-corrected chi connectivity index (χ2v) is 7.37. The molecule has 0 N–H and O–H groups in total. The molecule has 0 atom stereocenters. The Hall–Kier alpha value is -1.71. The summed E-state index contributed by atoms with van der Waals surface area (Å²) in [5.41, 5.74) is 2.68. The lowest BCUT2D eigenvalue weighted by atomic mass is 10.0. The van der Waals surface area contributed by atoms with Gasteiger partial charge >= 0.3 is 0 Å². The van der Waals surface area contributed by atoms with E-state index in [1.54, 1.807) is 18.4 Å². The van der Waals surface area contributed by atoms with E-state index in [2.05, 4.69) is 35.2 Å². The van der Waals surface area contributed by atoms with Gasteiger partial charge in [0.15, 0.2) is 0 Å². The van der Waals surface area contributed by atoms with Crippen LogP contribution in [0.15, 0.2) is 42.5 Å². The SMILES string of the molecule is COc1ccc2c(c1)CCCN2Cc1sc2ccccc2c1Cl. The van der Waals surface area contributed by atoms with Gasteiger partial charge in [-0.2, -0.15) is 0 Å². The lowest BCUT2D eigenvalue weighted by molar-refractivity contribution is 0.414. The van der Waals surface area contributed by atoms with Crippen LogP contribution in [0.1, 0.15) is 16.9 Å². The molecule has 1 aliphatic heterocycles. The Labute approximate surface area is 145 Å². The van der Waals surface area contributed by atoms with E-state index >= 15 is 0 Å². The fourth-order valence-electron chi connectivity index (χ4n) is 3.28. The Bertz CT molecular complexity index is 858. The van der Waals surface area contributed by atoms with E-state index in [0.29, 0.717) is 0 Å². The standard InChI is InChI=1S/C19H18ClNOS/c1-22-14-8-9-16-13(11-14)5-4-10-21(16)12-18-19(20)15-6-2-3-7-17(15)23-18/h2-3,6-9,11H,4-5,10,12H2,1H3. The van der Waals surface area contributed by atoms with Gasteiger partial charge in [-0.25, -0.2) is 0 Å². The van der Waals surface area contributed by atoms with E-state index in [9.17, 15) is 0 Å². The number of halogens is 1. The summed E-state index contributed by atoms with van der Waals surface area (Å²) in [6, 6.07) is 14.7. The van der Waals surface area contributed by atoms with Gasteiger partial charge < -0.3 is 9.64 Å². The van der Waals surface area contributed by atoms with Crippen LogP contribution in [0.3, 0.4) is 0 Å². The molecule has 0 saturated carbocycles. The van der Waals surface area contributed by atoms with Crippen molar-refractivity contribution in [3.05, 3.63) is 57.9 Å². The van der Waals surface area contributed by atoms with Crippen molar-refractivity contribution in [2.75, 3.05) is 18.6 Å². The van der Waals surface area contributed by atoms with Crippen LogP contribution in [0.25, 0.3) is 10.1 Å². The topological polar surface area (TPSA) is 12.5 Å². The van der Waals surface area contributed by atoms with Gasteiger partial charge in [-0.05, 0) is 42.7 Å². The maximum Gasteiger partial charge on any atom is 0.119 e. The van der Waals surface area contributed by atoms with Crippen molar-refractivity contribution in [3.8, 4) is 5.75 Å². The van der Waals surface area contributed by atoms with Crippen molar-refractivity contribution < 1.29 is 4.74 Å². The second-order valence-electron chi connectivity index (χ2n) is 5.86. The zero-order valence-corrected chi connectivity index (χ0v) is 14.6. The minimum absolute atomic E-state index is 0.873. The number of anilines is 1. The van der Waals surface area contributed by atoms with Crippen molar-refractivity contribution >= 4 is 38.7 Å². The summed E-state index contributed by atoms with van der Waals surface area (Å²) < 4.78 is 6.62. The normalized spacial score (nSPS) is 14.1. The van der Waals surface area contributed by atoms with Gasteiger partial charge in [0.25, 0.3) is 0 Å². The largest absolute Gasteiger partial charge is 0.497 e. The molecule has 0 spiro atoms. The Kier molecular flexibility index (Phi) is 3.92. The molecule has 2 aromatic carbocycles. The van der Waals surface area contributed by atoms with E-state index in [1.165, 1.54) is 32.6 Å². The van der Waals surface area contributed by atoms with Gasteiger partial charge in [0.2, 0.25) is 0 Å². The van der Waals surface area contributed by atoms with Crippen LogP contribution in [0, 0.1) is 0 Å². The maximum atomic E-state index is 6.61. The smallest absolute Gasteiger partial charge is 0.119 e. The molecule has 1 aliphatic rings. The molecule has 0 radical (unpaired) electrons. The van der Waals surface area contributed by atoms with Gasteiger partial charge in [0.1, 0.15) is 5.75 Å². The van der Waals surface area contributed by atoms with Crippen molar-refractivity contribution in [1.82, 2.24) is 0 Å². The number of aryl methyl sites for hydroxylation is 1. The summed E-state index contributed by atoms with van der Waals surface area (Å²) in [6.45, 7) is 1.95. The van der Waals surface area contributed by atoms with Crippen LogP contribution >= 0.6 is 22.9 Å². The Morgan fingerprint density at radius 1 is 1.22 bits per heavy atom. The second kappa shape index (κ2) is 6.06. The first-order chi connectivity index (χ1) is 11.3. The van der Waals surface area contributed by atoms with Gasteiger partial charge in [-0.3, -0.25) is 0 Å². The highest BCUT2D eigenvalue weighted by Gasteiger charge is 2.20. The molecule has 0 fully saturated rings. The summed E-state index contributed by atoms with van der Waals surface area (Å²) in [7, 11) is 1.72. The quantitative estimate of drug-likeness (QED) is 0.621. The van der Waals surface area contributed by atoms with Crippen LogP contribution in [0.2, 0.25) is 5.02 Å². The fraction of sp³-hybridized carbons (Fsp3) is 0.263. The van der Waals surface area contributed by atoms with Crippen molar-refractivity contribution in [2.24, 2.45) is 0 Å². The number of rotatable bonds is 3. The molecular weight excluding hydrogens is 326 g/mol. The van der Waals surface area contributed by atoms with E-state index in [-0.39, 0.29) is 0 Å². The number of hydrogen-bond acceptors (Lipinski definition) is 3. The van der Waals surface area contributed by atoms with E-state index in [1.807, 2.05) is 12.1 Å². The number of benzene rings is 2. The number of fused-ring (bicyclic) bond motifs is 2. The van der Waals surface area contributed by atoms with Gasteiger partial charge in [-0.15, -0.1) is 11.3 Å². The molecule has 0 unspecified atom stereocenters. The van der Waals surface area contributed by atoms with Gasteiger partial charge in [-0.1, -0.05) is 29.8 Å². The lowest BCUT2D eigenvalue weighted by Gasteiger charge is -2.31. The zero-order chi connectivity index (χ0) is 15.8. The molecule has 3 aromatic rings. The summed E-state index contributed by atoms with van der Waals surface area (Å²) in [4.78, 5) is 3.69. The highest BCUT2D eigenvalue weighted by atomic mass is 35.5. The van der Waals surface area contributed by atoms with E-state index in [4.69, 9.17) is 16.3 Å². The predicted molar refractivity (Wildman–Crippen MR) is 99.2 cm³/mol. The number of methoxy groups -OCH3 is 1. The van der Waals surface area contributed by atoms with E-state index < -0.39 is 0 Å². The average Bonchev–Trinajstić information content (AvgIpc) is 2.91. The summed E-state index contributed by atoms with van der Waals surface area (Å²) in [5.74, 6) is 0.936. The number of thiophene rings is 1. The van der Waals surface area contributed by atoms with Crippen LogP contribution in [0.5, 0.6) is 5.75 Å². The third-order valence-electron chi connectivity index (χ3n) is 4.44. The van der Waals surface area contributed by atoms with Crippen LogP contribution < -0.4 is 9.64 Å². The third-order valence-corrected chi connectivity index (χ3v) is 6.14. The first-order valence-electron chi connectivity index (χ1n) is 7.84. The third kappa shape index (κ3) is 2.68. The predicted octanol–water partition coefficient (Wildman–Crippen LogP) is 5.52. The van der Waals surface area contributed by atoms with Gasteiger partial charge in [0.05, 0.1) is 18.7 Å². The molecule has 2 nitrogen and oxygen atoms in total. The molecule has 2 heterocycles. The minimum atomic E-state index is 0.873. The maximum absolute atomic E-state index is 6.61. The molecule has 0 aliphatic carbocycles. The number of nitrogens with zero attached hydrogens (tertiary/aromatic N) is 1. The first kappa shape index (κ1) is 14.9. The van der Waals surface area contributed by atoms with Crippen molar-refractivity contribution in [1.29, 1.82) is 0 Å². The molecule has 0 amide bonds. The Morgan fingerprint density at radius 2 is 2.09 bits per heavy atom. The highest BCUT2D eigenvalue weighted by Crippen LogP contribution is 2.38. The number of hydrogen-bond donors (Lipinski definition) is 0. The van der Waals surface area contributed by atoms with E-state index in [0.717, 1.165) is 30.3 Å². The fourth-order valence-corrected chi connectivity index (χ4v) is 4.79. The summed E-state index contributed by atoms with van der Waals surface area (Å²) in [5, 5.41) is 2.08. The lowest BCUT2D eigenvalue weighted by Crippen LogP contribution is -2.28. The monoisotopic (exact) mass is 343 g/mol. The molecule has 0 saturated heterocycles. The molecule has 4 rings (SSSR count). The van der Waals surface area contributed by atoms with Crippen LogP contribution in [-0.2, 0) is 13.0 Å². The van der Waals surface area contributed by atoms with Crippen LogP contribution in [0.4, 0.5) is 5.69 Å². The zero-order valence-electron chi connectivity index (χ0n) is 13.0. The highest BCUT2D eigenvalue weighted by molar-refractivity contribution is 7.19. The average molecular weight is 344 g/mol. The molecule has 4 heteroatoms. The van der Waals surface area contributed by atoms with Gasteiger partial charge in [0, 0.05) is 27.2 Å². The minimum Gasteiger partial charge on any atom is -0.497 e. The first-order valence-corrected chi connectivity index (χ1v) is 9.03. The Balaban J connectivity index is 1.68. The molecular formula is C19H18ClNOS. The molecule has 0 bridgehead atoms. The molecule has 118 valence electrons. The summed E-state index contributed by atoms with van der Waals surface area (Å²) in [6.07, 6.45) is 2.28. The summed E-state index contributed by atoms with van der Waals surface area (Å²) >= 11 is 8.42. The molecule has 23 heavy (non-hydrogen) atoms. The number of ether oxygens (including phenoxy) is 1. The van der Waals surface area contributed by atoms with Crippen molar-refractivity contribution in [3.63, 3.8) is 0 Å².